The molecule has 2 aromatic rings. The van der Waals surface area contributed by atoms with E-state index in [0.29, 0.717) is 13.2 Å². The Morgan fingerprint density at radius 2 is 2.00 bits per heavy atom. The molecule has 0 unspecified atom stereocenters. The Hall–Kier alpha value is -1.88. The van der Waals surface area contributed by atoms with E-state index in [1.54, 1.807) is 4.68 Å². The summed E-state index contributed by atoms with van der Waals surface area (Å²) in [5.41, 5.74) is 6.26. The first kappa shape index (κ1) is 12.6. The second-order valence-electron chi connectivity index (χ2n) is 4.75. The Balaban J connectivity index is 1.86. The predicted molar refractivity (Wildman–Crippen MR) is 69.2 cm³/mol. The van der Waals surface area contributed by atoms with Crippen LogP contribution in [0.5, 0.6) is 5.75 Å². The fourth-order valence-corrected chi connectivity index (χ4v) is 1.48. The summed E-state index contributed by atoms with van der Waals surface area (Å²) in [7, 11) is 0. The maximum absolute atomic E-state index is 5.94. The molecule has 1 heterocycles. The Morgan fingerprint density at radius 3 is 2.61 bits per heavy atom. The first-order valence-corrected chi connectivity index (χ1v) is 5.93. The number of para-hydroxylation sites is 1. The van der Waals surface area contributed by atoms with E-state index in [0.717, 1.165) is 11.4 Å². The third-order valence-corrected chi connectivity index (χ3v) is 2.53. The van der Waals surface area contributed by atoms with E-state index in [1.165, 1.54) is 0 Å². The molecule has 0 radical (unpaired) electrons. The zero-order valence-corrected chi connectivity index (χ0v) is 10.7. The molecule has 0 fully saturated rings. The molecule has 1 aromatic heterocycles. The van der Waals surface area contributed by atoms with Crippen LogP contribution in [-0.2, 0) is 12.1 Å². The third-order valence-electron chi connectivity index (χ3n) is 2.53. The van der Waals surface area contributed by atoms with E-state index < -0.39 is 5.54 Å². The van der Waals surface area contributed by atoms with Gasteiger partial charge in [0.05, 0.1) is 18.3 Å². The molecule has 5 nitrogen and oxygen atoms in total. The smallest absolute Gasteiger partial charge is 0.119 e. The van der Waals surface area contributed by atoms with Gasteiger partial charge in [0.25, 0.3) is 0 Å². The number of benzene rings is 1. The second-order valence-corrected chi connectivity index (χ2v) is 4.75. The summed E-state index contributed by atoms with van der Waals surface area (Å²) in [6.07, 6.45) is 1.86. The highest BCUT2D eigenvalue weighted by Crippen LogP contribution is 2.12. The van der Waals surface area contributed by atoms with Crippen molar-refractivity contribution in [2.45, 2.75) is 25.9 Å². The first-order chi connectivity index (χ1) is 8.55. The van der Waals surface area contributed by atoms with Gasteiger partial charge in [0.15, 0.2) is 0 Å². The van der Waals surface area contributed by atoms with Gasteiger partial charge in [-0.25, -0.2) is 4.68 Å². The Labute approximate surface area is 107 Å². The summed E-state index contributed by atoms with van der Waals surface area (Å²) < 4.78 is 7.33. The molecule has 0 aliphatic rings. The number of hydrogen-bond acceptors (Lipinski definition) is 4. The van der Waals surface area contributed by atoms with Crippen LogP contribution < -0.4 is 10.5 Å². The zero-order chi connectivity index (χ0) is 13.0. The van der Waals surface area contributed by atoms with Gasteiger partial charge in [-0.1, -0.05) is 23.4 Å². The minimum Gasteiger partial charge on any atom is -0.492 e. The third kappa shape index (κ3) is 3.30. The van der Waals surface area contributed by atoms with Crippen LogP contribution in [0.3, 0.4) is 0 Å². The molecule has 2 N–H and O–H groups in total. The highest BCUT2D eigenvalue weighted by Gasteiger charge is 2.17. The highest BCUT2D eigenvalue weighted by molar-refractivity contribution is 5.20. The minimum atomic E-state index is -0.460. The Morgan fingerprint density at radius 1 is 1.28 bits per heavy atom. The SMILES string of the molecule is CC(C)(N)c1cn(CCOc2ccccc2)nn1. The van der Waals surface area contributed by atoms with Crippen molar-refractivity contribution in [2.24, 2.45) is 5.73 Å². The maximum Gasteiger partial charge on any atom is 0.119 e. The van der Waals surface area contributed by atoms with E-state index in [4.69, 9.17) is 10.5 Å². The molecule has 96 valence electrons. The van der Waals surface area contributed by atoms with Crippen molar-refractivity contribution < 1.29 is 4.74 Å². The molecule has 2 rings (SSSR count). The van der Waals surface area contributed by atoms with Gasteiger partial charge in [-0.05, 0) is 26.0 Å². The average Bonchev–Trinajstić information content (AvgIpc) is 2.79. The van der Waals surface area contributed by atoms with Crippen molar-refractivity contribution in [3.8, 4) is 5.75 Å². The van der Waals surface area contributed by atoms with Gasteiger partial charge in [-0.15, -0.1) is 5.10 Å². The first-order valence-electron chi connectivity index (χ1n) is 5.93. The largest absolute Gasteiger partial charge is 0.492 e. The molecule has 5 heteroatoms. The van der Waals surface area contributed by atoms with E-state index in [1.807, 2.05) is 50.4 Å². The molecule has 1 aromatic carbocycles. The lowest BCUT2D eigenvalue weighted by Gasteiger charge is -2.13. The predicted octanol–water partition coefficient (Wildman–Crippen LogP) is 1.55. The van der Waals surface area contributed by atoms with Crippen molar-refractivity contribution in [3.63, 3.8) is 0 Å². The van der Waals surface area contributed by atoms with E-state index >= 15 is 0 Å². The molecule has 0 saturated carbocycles. The van der Waals surface area contributed by atoms with Gasteiger partial charge in [0, 0.05) is 0 Å². The molecule has 0 atom stereocenters. The lowest BCUT2D eigenvalue weighted by atomic mass is 10.0. The quantitative estimate of drug-likeness (QED) is 0.869. The summed E-state index contributed by atoms with van der Waals surface area (Å²) in [5, 5.41) is 8.07. The van der Waals surface area contributed by atoms with Crippen LogP contribution >= 0.6 is 0 Å². The molecule has 18 heavy (non-hydrogen) atoms. The van der Waals surface area contributed by atoms with Crippen LogP contribution in [0.2, 0.25) is 0 Å². The van der Waals surface area contributed by atoms with Crippen molar-refractivity contribution in [2.75, 3.05) is 6.61 Å². The fourth-order valence-electron chi connectivity index (χ4n) is 1.48. The summed E-state index contributed by atoms with van der Waals surface area (Å²) in [6.45, 7) is 5.01. The number of hydrogen-bond donors (Lipinski definition) is 1. The van der Waals surface area contributed by atoms with E-state index in [2.05, 4.69) is 10.3 Å². The standard InChI is InChI=1S/C13H18N4O/c1-13(2,14)12-10-17(16-15-12)8-9-18-11-6-4-3-5-7-11/h3-7,10H,8-9,14H2,1-2H3. The van der Waals surface area contributed by atoms with Gasteiger partial charge in [-0.3, -0.25) is 0 Å². The molecule has 0 saturated heterocycles. The van der Waals surface area contributed by atoms with Crippen molar-refractivity contribution in [1.82, 2.24) is 15.0 Å². The summed E-state index contributed by atoms with van der Waals surface area (Å²) in [4.78, 5) is 0. The van der Waals surface area contributed by atoms with Crippen LogP contribution in [0.1, 0.15) is 19.5 Å². The van der Waals surface area contributed by atoms with E-state index in [-0.39, 0.29) is 0 Å². The number of ether oxygens (including phenoxy) is 1. The van der Waals surface area contributed by atoms with Crippen molar-refractivity contribution in [1.29, 1.82) is 0 Å². The van der Waals surface area contributed by atoms with E-state index in [9.17, 15) is 0 Å². The monoisotopic (exact) mass is 246 g/mol. The fraction of sp³-hybridized carbons (Fsp3) is 0.385. The molecule has 0 spiro atoms. The number of nitrogens with zero attached hydrogens (tertiary/aromatic N) is 3. The maximum atomic E-state index is 5.94. The topological polar surface area (TPSA) is 66.0 Å². The van der Waals surface area contributed by atoms with Gasteiger partial charge in [0.2, 0.25) is 0 Å². The van der Waals surface area contributed by atoms with Crippen molar-refractivity contribution in [3.05, 3.63) is 42.2 Å². The van der Waals surface area contributed by atoms with Crippen LogP contribution in [0.15, 0.2) is 36.5 Å². The highest BCUT2D eigenvalue weighted by atomic mass is 16.5. The van der Waals surface area contributed by atoms with Crippen LogP contribution in [0.25, 0.3) is 0 Å². The number of rotatable bonds is 5. The summed E-state index contributed by atoms with van der Waals surface area (Å²) >= 11 is 0. The lowest BCUT2D eigenvalue weighted by Crippen LogP contribution is -2.29. The Bertz CT molecular complexity index is 487. The van der Waals surface area contributed by atoms with Gasteiger partial charge in [-0.2, -0.15) is 0 Å². The number of aromatic nitrogens is 3. The normalized spacial score (nSPS) is 11.5. The molecular weight excluding hydrogens is 228 g/mol. The molecule has 0 aliphatic heterocycles. The van der Waals surface area contributed by atoms with Crippen LogP contribution in [0, 0.1) is 0 Å². The van der Waals surface area contributed by atoms with Gasteiger partial charge < -0.3 is 10.5 Å². The van der Waals surface area contributed by atoms with Gasteiger partial charge in [0.1, 0.15) is 18.1 Å². The van der Waals surface area contributed by atoms with Crippen molar-refractivity contribution >= 4 is 0 Å². The number of nitrogens with two attached hydrogens (primary N) is 1. The van der Waals surface area contributed by atoms with Crippen LogP contribution in [-0.4, -0.2) is 21.6 Å². The average molecular weight is 246 g/mol. The van der Waals surface area contributed by atoms with Crippen LogP contribution in [0.4, 0.5) is 0 Å². The molecule has 0 aliphatic carbocycles. The zero-order valence-electron chi connectivity index (χ0n) is 10.7. The Kier molecular flexibility index (Phi) is 3.62. The second kappa shape index (κ2) is 5.18. The minimum absolute atomic E-state index is 0.460. The van der Waals surface area contributed by atoms with Gasteiger partial charge >= 0.3 is 0 Å². The molecule has 0 bridgehead atoms. The lowest BCUT2D eigenvalue weighted by molar-refractivity contribution is 0.289. The summed E-state index contributed by atoms with van der Waals surface area (Å²) in [6, 6.07) is 9.70. The molecular formula is C13H18N4O. The summed E-state index contributed by atoms with van der Waals surface area (Å²) in [5.74, 6) is 0.858. The molecule has 0 amide bonds.